The van der Waals surface area contributed by atoms with Crippen molar-refractivity contribution < 1.29 is 13.5 Å². The van der Waals surface area contributed by atoms with Gasteiger partial charge in [0.2, 0.25) is 0 Å². The van der Waals surface area contributed by atoms with Crippen LogP contribution in [0.15, 0.2) is 24.0 Å². The Hall–Kier alpha value is -0.770. The molecule has 25 heavy (non-hydrogen) atoms. The van der Waals surface area contributed by atoms with Gasteiger partial charge in [-0.2, -0.15) is 0 Å². The highest BCUT2D eigenvalue weighted by Crippen LogP contribution is 2.68. The Morgan fingerprint density at radius 2 is 1.76 bits per heavy atom. The fraction of sp³-hybridized carbons (Fsp3) is 0.810. The Balaban J connectivity index is 1.85. The van der Waals surface area contributed by atoms with Gasteiger partial charge in [0.1, 0.15) is 0 Å². The van der Waals surface area contributed by atoms with Gasteiger partial charge in [-0.15, -0.1) is 0 Å². The number of sulfone groups is 1. The third-order valence-corrected chi connectivity index (χ3v) is 10.6. The summed E-state index contributed by atoms with van der Waals surface area (Å²) in [5.41, 5.74) is 0.188. The van der Waals surface area contributed by atoms with Crippen molar-refractivity contribution in [3.63, 3.8) is 0 Å². The number of aliphatic hydroxyl groups excluding tert-OH is 1. The number of rotatable bonds is 0. The summed E-state index contributed by atoms with van der Waals surface area (Å²) in [4.78, 5) is 0. The van der Waals surface area contributed by atoms with Crippen LogP contribution in [0.25, 0.3) is 0 Å². The average Bonchev–Trinajstić information content (AvgIpc) is 2.49. The molecule has 3 fully saturated rings. The van der Waals surface area contributed by atoms with Crippen molar-refractivity contribution in [2.24, 2.45) is 34.0 Å². The Kier molecular flexibility index (Phi) is 3.63. The summed E-state index contributed by atoms with van der Waals surface area (Å²) in [6.45, 7) is 9.36. The minimum Gasteiger partial charge on any atom is -0.512 e. The molecule has 1 heterocycles. The van der Waals surface area contributed by atoms with Gasteiger partial charge in [-0.05, 0) is 59.8 Å². The molecular formula is C21H32O3S. The lowest BCUT2D eigenvalue weighted by molar-refractivity contribution is -0.140. The molecule has 2 unspecified atom stereocenters. The molecule has 140 valence electrons. The highest BCUT2D eigenvalue weighted by atomic mass is 32.2. The van der Waals surface area contributed by atoms with E-state index in [1.54, 1.807) is 18.2 Å². The molecule has 0 aromatic carbocycles. The molecule has 0 bridgehead atoms. The SMILES string of the molecule is CC1(C)CCC[C@]2(C)[C@H]3CS(=O)(=O)C4C=CC=C(O)C4[C@]3(C)CC[C@@H]12. The highest BCUT2D eigenvalue weighted by Gasteiger charge is 2.65. The van der Waals surface area contributed by atoms with E-state index in [9.17, 15) is 13.5 Å². The normalized spacial score (nSPS) is 50.2. The van der Waals surface area contributed by atoms with Crippen LogP contribution in [0, 0.1) is 34.0 Å². The third-order valence-electron chi connectivity index (χ3n) is 8.58. The van der Waals surface area contributed by atoms with Gasteiger partial charge in [0.25, 0.3) is 0 Å². The standard InChI is InChI=1S/C21H32O3S/c1-19(2)10-6-11-20(3)16(19)9-12-21(4)17(20)13-25(23,24)15-8-5-7-14(22)18(15)21/h5,7-8,15-18,22H,6,9-13H2,1-4H3/t15?,16-,17+,18?,20-,21+/m0/s1. The predicted molar refractivity (Wildman–Crippen MR) is 101 cm³/mol. The minimum absolute atomic E-state index is 0.0498. The maximum atomic E-state index is 13.1. The Morgan fingerprint density at radius 1 is 1.04 bits per heavy atom. The monoisotopic (exact) mass is 364 g/mol. The molecule has 0 spiro atoms. The molecule has 0 aromatic heterocycles. The van der Waals surface area contributed by atoms with E-state index in [-0.39, 0.29) is 39.6 Å². The molecule has 3 nitrogen and oxygen atoms in total. The van der Waals surface area contributed by atoms with Crippen molar-refractivity contribution in [2.45, 2.75) is 65.0 Å². The van der Waals surface area contributed by atoms with Gasteiger partial charge in [-0.25, -0.2) is 8.42 Å². The van der Waals surface area contributed by atoms with E-state index in [0.717, 1.165) is 19.3 Å². The zero-order chi connectivity index (χ0) is 18.3. The van der Waals surface area contributed by atoms with Gasteiger partial charge in [-0.3, -0.25) is 0 Å². The van der Waals surface area contributed by atoms with E-state index in [2.05, 4.69) is 27.7 Å². The Labute approximate surface area is 152 Å². The first-order valence-corrected chi connectivity index (χ1v) is 11.5. The smallest absolute Gasteiger partial charge is 0.157 e. The van der Waals surface area contributed by atoms with Crippen LogP contribution in [-0.4, -0.2) is 24.5 Å². The molecule has 1 aliphatic heterocycles. The molecular weight excluding hydrogens is 332 g/mol. The predicted octanol–water partition coefficient (Wildman–Crippen LogP) is 4.66. The van der Waals surface area contributed by atoms with Crippen LogP contribution in [0.5, 0.6) is 0 Å². The number of allylic oxidation sites excluding steroid dienone is 3. The van der Waals surface area contributed by atoms with Gasteiger partial charge < -0.3 is 5.11 Å². The summed E-state index contributed by atoms with van der Waals surface area (Å²) in [5.74, 6) is 0.991. The van der Waals surface area contributed by atoms with E-state index >= 15 is 0 Å². The average molecular weight is 365 g/mol. The minimum atomic E-state index is -3.24. The highest BCUT2D eigenvalue weighted by molar-refractivity contribution is 7.92. The second-order valence-corrected chi connectivity index (χ2v) is 12.4. The van der Waals surface area contributed by atoms with Gasteiger partial charge in [0, 0.05) is 5.92 Å². The molecule has 1 saturated heterocycles. The van der Waals surface area contributed by atoms with Crippen LogP contribution >= 0.6 is 0 Å². The Morgan fingerprint density at radius 3 is 2.48 bits per heavy atom. The van der Waals surface area contributed by atoms with Crippen LogP contribution in [0.1, 0.15) is 59.8 Å². The van der Waals surface area contributed by atoms with Crippen LogP contribution in [0.2, 0.25) is 0 Å². The molecule has 2 saturated carbocycles. The topological polar surface area (TPSA) is 54.4 Å². The first-order chi connectivity index (χ1) is 11.5. The number of fused-ring (bicyclic) bond motifs is 5. The van der Waals surface area contributed by atoms with Gasteiger partial charge >= 0.3 is 0 Å². The quantitative estimate of drug-likeness (QED) is 0.680. The Bertz CT molecular complexity index is 747. The summed E-state index contributed by atoms with van der Waals surface area (Å²) in [6.07, 6.45) is 10.9. The van der Waals surface area contributed by atoms with Crippen molar-refractivity contribution >= 4 is 9.84 Å². The zero-order valence-electron chi connectivity index (χ0n) is 16.0. The van der Waals surface area contributed by atoms with Crippen molar-refractivity contribution in [2.75, 3.05) is 5.75 Å². The second-order valence-electron chi connectivity index (χ2n) is 10.2. The van der Waals surface area contributed by atoms with E-state index < -0.39 is 15.1 Å². The second kappa shape index (κ2) is 5.15. The zero-order valence-corrected chi connectivity index (χ0v) is 16.8. The molecule has 4 heteroatoms. The van der Waals surface area contributed by atoms with Crippen LogP contribution < -0.4 is 0 Å². The fourth-order valence-electron chi connectivity index (χ4n) is 7.47. The van der Waals surface area contributed by atoms with E-state index in [0.29, 0.717) is 5.92 Å². The molecule has 4 rings (SSSR count). The van der Waals surface area contributed by atoms with Gasteiger partial charge in [0.15, 0.2) is 9.84 Å². The van der Waals surface area contributed by atoms with Gasteiger partial charge in [0.05, 0.1) is 16.8 Å². The van der Waals surface area contributed by atoms with Crippen LogP contribution in [-0.2, 0) is 9.84 Å². The number of aliphatic hydroxyl groups is 1. The first kappa shape index (κ1) is 17.6. The van der Waals surface area contributed by atoms with Gasteiger partial charge in [-0.1, -0.05) is 46.3 Å². The van der Waals surface area contributed by atoms with Crippen molar-refractivity contribution in [3.8, 4) is 0 Å². The van der Waals surface area contributed by atoms with Crippen molar-refractivity contribution in [3.05, 3.63) is 24.0 Å². The number of hydrogen-bond donors (Lipinski definition) is 1. The lowest BCUT2D eigenvalue weighted by Crippen LogP contribution is -2.64. The summed E-state index contributed by atoms with van der Waals surface area (Å²) in [6, 6.07) is 0. The fourth-order valence-corrected chi connectivity index (χ4v) is 10.1. The molecule has 0 radical (unpaired) electrons. The van der Waals surface area contributed by atoms with E-state index in [1.165, 1.54) is 12.8 Å². The maximum absolute atomic E-state index is 13.1. The summed E-state index contributed by atoms with van der Waals surface area (Å²) in [7, 11) is -3.24. The molecule has 4 aliphatic rings. The maximum Gasteiger partial charge on any atom is 0.157 e. The first-order valence-electron chi connectivity index (χ1n) is 9.81. The van der Waals surface area contributed by atoms with E-state index in [1.807, 2.05) is 0 Å². The number of hydrogen-bond acceptors (Lipinski definition) is 3. The largest absolute Gasteiger partial charge is 0.512 e. The summed E-state index contributed by atoms with van der Waals surface area (Å²) < 4.78 is 26.3. The lowest BCUT2D eigenvalue weighted by atomic mass is 9.41. The molecule has 3 aliphatic carbocycles. The lowest BCUT2D eigenvalue weighted by Gasteiger charge is -2.66. The summed E-state index contributed by atoms with van der Waals surface area (Å²) >= 11 is 0. The third kappa shape index (κ3) is 2.25. The van der Waals surface area contributed by atoms with Crippen LogP contribution in [0.3, 0.4) is 0 Å². The summed E-state index contributed by atoms with van der Waals surface area (Å²) in [5, 5.41) is 10.1. The van der Waals surface area contributed by atoms with Crippen molar-refractivity contribution in [1.29, 1.82) is 0 Å². The van der Waals surface area contributed by atoms with Crippen LogP contribution in [0.4, 0.5) is 0 Å². The van der Waals surface area contributed by atoms with E-state index in [4.69, 9.17) is 0 Å². The van der Waals surface area contributed by atoms with Crippen molar-refractivity contribution in [1.82, 2.24) is 0 Å². The molecule has 0 aromatic rings. The molecule has 0 amide bonds. The molecule has 1 N–H and O–H groups in total. The molecule has 6 atom stereocenters.